The monoisotopic (exact) mass is 574 g/mol. The highest BCUT2D eigenvalue weighted by atomic mass is 16.7. The van der Waals surface area contributed by atoms with Crippen LogP contribution in [0.3, 0.4) is 0 Å². The van der Waals surface area contributed by atoms with Gasteiger partial charge >= 0.3 is 14.2 Å². The van der Waals surface area contributed by atoms with Crippen molar-refractivity contribution >= 4 is 89.8 Å². The number of benzene rings is 8. The predicted octanol–water partition coefficient (Wildman–Crippen LogP) is 7.15. The lowest BCUT2D eigenvalue weighted by atomic mass is 9.74. The zero-order chi connectivity index (χ0) is 30.4. The van der Waals surface area contributed by atoms with E-state index in [2.05, 4.69) is 107 Å². The summed E-state index contributed by atoms with van der Waals surface area (Å²) in [5, 5.41) is 33.4. The molecule has 0 saturated carbocycles. The van der Waals surface area contributed by atoms with Crippen LogP contribution in [0.15, 0.2) is 109 Å². The van der Waals surface area contributed by atoms with Gasteiger partial charge in [0.25, 0.3) is 0 Å². The van der Waals surface area contributed by atoms with Gasteiger partial charge in [0.05, 0.1) is 11.2 Å². The molecule has 44 heavy (non-hydrogen) atoms. The molecule has 214 valence electrons. The van der Waals surface area contributed by atoms with Crippen LogP contribution >= 0.6 is 0 Å². The zero-order valence-electron chi connectivity index (χ0n) is 25.3. The van der Waals surface area contributed by atoms with Crippen molar-refractivity contribution in [2.45, 2.75) is 38.9 Å². The summed E-state index contributed by atoms with van der Waals surface area (Å²) in [5.74, 6) is 0. The Hall–Kier alpha value is -4.19. The van der Waals surface area contributed by atoms with Crippen molar-refractivity contribution in [3.8, 4) is 0 Å². The van der Waals surface area contributed by atoms with Crippen LogP contribution < -0.4 is 10.9 Å². The van der Waals surface area contributed by atoms with Crippen molar-refractivity contribution in [3.63, 3.8) is 0 Å². The van der Waals surface area contributed by atoms with Crippen molar-refractivity contribution < 1.29 is 19.4 Å². The van der Waals surface area contributed by atoms with E-state index in [0.29, 0.717) is 5.46 Å². The molecule has 6 heteroatoms. The SMILES string of the molecule is CC1(C)OB(c2ccc3ccc4cccc5ccc2c3c45)OC1(C)C.OB(O)c1ccc2ccc3cccc4ccc1c2c34. The molecule has 0 unspecified atom stereocenters. The molecule has 9 rings (SSSR count). The van der Waals surface area contributed by atoms with E-state index >= 15 is 0 Å². The van der Waals surface area contributed by atoms with Crippen LogP contribution in [0.5, 0.6) is 0 Å². The third-order valence-electron chi connectivity index (χ3n) is 9.91. The van der Waals surface area contributed by atoms with Gasteiger partial charge in [-0.15, -0.1) is 0 Å². The highest BCUT2D eigenvalue weighted by Gasteiger charge is 2.52. The molecule has 1 heterocycles. The van der Waals surface area contributed by atoms with Gasteiger partial charge in [-0.1, -0.05) is 109 Å². The van der Waals surface area contributed by atoms with E-state index < -0.39 is 7.12 Å². The quantitative estimate of drug-likeness (QED) is 0.170. The van der Waals surface area contributed by atoms with Gasteiger partial charge in [0.1, 0.15) is 0 Å². The van der Waals surface area contributed by atoms with Crippen LogP contribution in [0.4, 0.5) is 0 Å². The minimum absolute atomic E-state index is 0.332. The summed E-state index contributed by atoms with van der Waals surface area (Å²) in [4.78, 5) is 0. The molecule has 8 aromatic rings. The van der Waals surface area contributed by atoms with Gasteiger partial charge in [-0.25, -0.2) is 0 Å². The zero-order valence-corrected chi connectivity index (χ0v) is 25.3. The molecule has 0 atom stereocenters. The molecule has 1 aliphatic rings. The van der Waals surface area contributed by atoms with Gasteiger partial charge < -0.3 is 19.4 Å². The van der Waals surface area contributed by atoms with E-state index in [1.165, 1.54) is 48.5 Å². The van der Waals surface area contributed by atoms with Crippen LogP contribution in [-0.4, -0.2) is 35.5 Å². The van der Waals surface area contributed by atoms with Gasteiger partial charge in [-0.2, -0.15) is 0 Å². The van der Waals surface area contributed by atoms with Crippen LogP contribution in [0.1, 0.15) is 27.7 Å². The van der Waals surface area contributed by atoms with Crippen molar-refractivity contribution in [1.29, 1.82) is 0 Å². The van der Waals surface area contributed by atoms with E-state index in [4.69, 9.17) is 9.31 Å². The van der Waals surface area contributed by atoms with E-state index in [-0.39, 0.29) is 18.3 Å². The maximum Gasteiger partial charge on any atom is 0.495 e. The third-order valence-corrected chi connectivity index (χ3v) is 9.91. The van der Waals surface area contributed by atoms with Crippen molar-refractivity contribution in [2.24, 2.45) is 0 Å². The van der Waals surface area contributed by atoms with Gasteiger partial charge in [-0.05, 0) is 103 Å². The molecule has 0 radical (unpaired) electrons. The molecule has 0 amide bonds. The lowest BCUT2D eigenvalue weighted by molar-refractivity contribution is 0.00578. The van der Waals surface area contributed by atoms with Gasteiger partial charge in [-0.3, -0.25) is 0 Å². The predicted molar refractivity (Wildman–Crippen MR) is 186 cm³/mol. The first kappa shape index (κ1) is 27.4. The summed E-state index contributed by atoms with van der Waals surface area (Å²) < 4.78 is 12.6. The molecule has 1 fully saturated rings. The summed E-state index contributed by atoms with van der Waals surface area (Å²) in [6.45, 7) is 8.40. The maximum absolute atomic E-state index is 9.51. The summed E-state index contributed by atoms with van der Waals surface area (Å²) >= 11 is 0. The van der Waals surface area contributed by atoms with Crippen molar-refractivity contribution in [1.82, 2.24) is 0 Å². The van der Waals surface area contributed by atoms with Gasteiger partial charge in [0.15, 0.2) is 0 Å². The molecule has 1 aliphatic heterocycles. The third kappa shape index (κ3) is 4.03. The van der Waals surface area contributed by atoms with E-state index in [1.54, 1.807) is 6.07 Å². The Labute approximate surface area is 256 Å². The standard InChI is InChI=1S/C22H21BO2.C16H11BO2/c1-21(2)22(3,4)25-23(24-21)18-13-11-16-9-8-14-6-5-7-15-10-12-17(18)20(16)19(14)15;18-17(19)14-9-7-12-5-4-10-2-1-3-11-6-8-13(14)16(12)15(10)11/h5-13H,1-4H3;1-9,18-19H. The molecular weight excluding hydrogens is 542 g/mol. The van der Waals surface area contributed by atoms with Gasteiger partial charge in [0.2, 0.25) is 0 Å². The average Bonchev–Trinajstić information content (AvgIpc) is 3.24. The largest absolute Gasteiger partial charge is 0.495 e. The maximum atomic E-state index is 9.51. The lowest BCUT2D eigenvalue weighted by Gasteiger charge is -2.32. The Morgan fingerprint density at radius 1 is 0.477 bits per heavy atom. The average molecular weight is 574 g/mol. The normalized spacial score (nSPS) is 16.1. The topological polar surface area (TPSA) is 58.9 Å². The molecule has 0 aliphatic carbocycles. The molecule has 0 aromatic heterocycles. The van der Waals surface area contributed by atoms with Crippen LogP contribution in [0.25, 0.3) is 64.6 Å². The van der Waals surface area contributed by atoms with Crippen molar-refractivity contribution in [3.05, 3.63) is 109 Å². The van der Waals surface area contributed by atoms with Crippen LogP contribution in [-0.2, 0) is 9.31 Å². The number of hydrogen-bond acceptors (Lipinski definition) is 4. The fourth-order valence-electron chi connectivity index (χ4n) is 6.92. The molecule has 0 bridgehead atoms. The Morgan fingerprint density at radius 2 is 0.864 bits per heavy atom. The highest BCUT2D eigenvalue weighted by Crippen LogP contribution is 2.39. The Kier molecular flexibility index (Phi) is 6.00. The summed E-state index contributed by atoms with van der Waals surface area (Å²) in [5.41, 5.74) is 1.01. The van der Waals surface area contributed by atoms with E-state index in [1.807, 2.05) is 24.3 Å². The molecule has 0 spiro atoms. The van der Waals surface area contributed by atoms with E-state index in [9.17, 15) is 10.0 Å². The second-order valence-electron chi connectivity index (χ2n) is 13.0. The summed E-state index contributed by atoms with van der Waals surface area (Å²) in [7, 11) is -1.78. The number of rotatable bonds is 2. The van der Waals surface area contributed by atoms with E-state index in [0.717, 1.165) is 21.6 Å². The second kappa shape index (κ2) is 9.65. The van der Waals surface area contributed by atoms with Crippen LogP contribution in [0, 0.1) is 0 Å². The first-order valence-electron chi connectivity index (χ1n) is 15.2. The van der Waals surface area contributed by atoms with Crippen LogP contribution in [0.2, 0.25) is 0 Å². The first-order valence-corrected chi connectivity index (χ1v) is 15.2. The number of hydrogen-bond donors (Lipinski definition) is 2. The summed E-state index contributed by atoms with van der Waals surface area (Å²) in [6, 6.07) is 37.8. The fraction of sp³-hybridized carbons (Fsp3) is 0.158. The molecule has 1 saturated heterocycles. The van der Waals surface area contributed by atoms with Crippen molar-refractivity contribution in [2.75, 3.05) is 0 Å². The molecule has 2 N–H and O–H groups in total. The molecular formula is C38H32B2O4. The lowest BCUT2D eigenvalue weighted by Crippen LogP contribution is -2.41. The first-order chi connectivity index (χ1) is 21.1. The summed E-state index contributed by atoms with van der Waals surface area (Å²) in [6.07, 6.45) is 0. The minimum Gasteiger partial charge on any atom is -0.423 e. The Bertz CT molecular complexity index is 2300. The van der Waals surface area contributed by atoms with Gasteiger partial charge in [0, 0.05) is 0 Å². The Morgan fingerprint density at radius 3 is 1.36 bits per heavy atom. The molecule has 8 aromatic carbocycles. The smallest absolute Gasteiger partial charge is 0.423 e. The highest BCUT2D eigenvalue weighted by molar-refractivity contribution is 6.66. The second-order valence-corrected chi connectivity index (χ2v) is 13.0. The Balaban J connectivity index is 0.000000136. The molecule has 4 nitrogen and oxygen atoms in total. The minimum atomic E-state index is -1.44. The fourth-order valence-corrected chi connectivity index (χ4v) is 6.92.